The monoisotopic (exact) mass is 505 g/mol. The summed E-state index contributed by atoms with van der Waals surface area (Å²) >= 11 is 0. The first-order chi connectivity index (χ1) is 17.4. The highest BCUT2D eigenvalue weighted by Gasteiger charge is 2.43. The molecule has 1 aromatic rings. The third-order valence-corrected chi connectivity index (χ3v) is 7.61. The fourth-order valence-corrected chi connectivity index (χ4v) is 5.89. The van der Waals surface area contributed by atoms with Crippen molar-refractivity contribution in [1.82, 2.24) is 14.7 Å². The Morgan fingerprint density at radius 2 is 1.69 bits per heavy atom. The molecule has 5 rings (SSSR count). The van der Waals surface area contributed by atoms with Gasteiger partial charge in [-0.25, -0.2) is 0 Å². The van der Waals surface area contributed by atoms with Crippen LogP contribution in [-0.4, -0.2) is 122 Å². The summed E-state index contributed by atoms with van der Waals surface area (Å²) in [5, 5.41) is 24.7. The maximum absolute atomic E-state index is 10.9. The number of nitrogens with zero attached hydrogens (tertiary/aromatic N) is 3. The van der Waals surface area contributed by atoms with Crippen LogP contribution in [0.2, 0.25) is 0 Å². The van der Waals surface area contributed by atoms with Crippen molar-refractivity contribution in [2.24, 2.45) is 11.8 Å². The van der Waals surface area contributed by atoms with Crippen LogP contribution >= 0.6 is 0 Å². The predicted molar refractivity (Wildman–Crippen MR) is 135 cm³/mol. The minimum atomic E-state index is -0.250. The van der Waals surface area contributed by atoms with Gasteiger partial charge in [-0.3, -0.25) is 19.4 Å². The van der Waals surface area contributed by atoms with E-state index in [1.54, 1.807) is 7.11 Å². The molecule has 4 atom stereocenters. The van der Waals surface area contributed by atoms with Crippen molar-refractivity contribution in [2.75, 3.05) is 66.6 Å². The second kappa shape index (κ2) is 13.6. The topological polar surface area (TPSA) is 123 Å². The molecule has 0 spiro atoms. The zero-order valence-corrected chi connectivity index (χ0v) is 21.2. The number of piperazine rings is 1. The molecule has 36 heavy (non-hydrogen) atoms. The number of fused-ring (bicyclic) bond motifs is 2. The SMILES string of the molecule is COc1ccc2c(c1)C=C(CN1C[C@H]3C[C@@H](N4CCN(C)CC4)[C@H](O)C[C@H]3C1)CO2.O=CO.O=CO. The Morgan fingerprint density at radius 3 is 2.33 bits per heavy atom. The van der Waals surface area contributed by atoms with Crippen LogP contribution in [0.1, 0.15) is 18.4 Å². The van der Waals surface area contributed by atoms with Gasteiger partial charge in [-0.05, 0) is 61.6 Å². The van der Waals surface area contributed by atoms with Crippen LogP contribution in [0.5, 0.6) is 11.5 Å². The van der Waals surface area contributed by atoms with E-state index in [4.69, 9.17) is 29.3 Å². The summed E-state index contributed by atoms with van der Waals surface area (Å²) in [6, 6.07) is 6.34. The first kappa shape index (κ1) is 27.9. The molecule has 4 aliphatic rings. The average molecular weight is 506 g/mol. The van der Waals surface area contributed by atoms with E-state index in [0.717, 1.165) is 75.7 Å². The number of carbonyl (C=O) groups is 2. The van der Waals surface area contributed by atoms with Gasteiger partial charge in [0.1, 0.15) is 18.1 Å². The summed E-state index contributed by atoms with van der Waals surface area (Å²) in [5.74, 6) is 3.13. The van der Waals surface area contributed by atoms with Crippen LogP contribution in [0, 0.1) is 11.8 Å². The van der Waals surface area contributed by atoms with Crippen LogP contribution in [0.4, 0.5) is 0 Å². The molecule has 2 saturated heterocycles. The zero-order valence-electron chi connectivity index (χ0n) is 21.2. The molecule has 0 amide bonds. The van der Waals surface area contributed by atoms with Crippen LogP contribution in [-0.2, 0) is 9.59 Å². The molecule has 1 aliphatic carbocycles. The Bertz CT molecular complexity index is 882. The molecule has 10 heteroatoms. The number of methoxy groups -OCH3 is 1. The lowest BCUT2D eigenvalue weighted by Crippen LogP contribution is -2.55. The number of rotatable bonds is 4. The Labute approximate surface area is 212 Å². The zero-order chi connectivity index (χ0) is 26.1. The lowest BCUT2D eigenvalue weighted by molar-refractivity contribution is -0.123. The summed E-state index contributed by atoms with van der Waals surface area (Å²) in [6.07, 6.45) is 4.19. The number of likely N-dealkylation sites (N-methyl/N-ethyl adjacent to an activating group) is 1. The second-order valence-corrected chi connectivity index (χ2v) is 9.87. The van der Waals surface area contributed by atoms with Gasteiger partial charge in [-0.2, -0.15) is 0 Å². The number of carboxylic acid groups (broad SMARTS) is 2. The maximum Gasteiger partial charge on any atom is 0.290 e. The summed E-state index contributed by atoms with van der Waals surface area (Å²) in [4.78, 5) is 24.2. The predicted octanol–water partition coefficient (Wildman–Crippen LogP) is 1.19. The van der Waals surface area contributed by atoms with Gasteiger partial charge >= 0.3 is 0 Å². The molecule has 200 valence electrons. The molecular weight excluding hydrogens is 466 g/mol. The lowest BCUT2D eigenvalue weighted by atomic mass is 9.77. The Morgan fingerprint density at radius 1 is 1.06 bits per heavy atom. The van der Waals surface area contributed by atoms with E-state index in [-0.39, 0.29) is 19.0 Å². The first-order valence-corrected chi connectivity index (χ1v) is 12.4. The van der Waals surface area contributed by atoms with E-state index in [0.29, 0.717) is 24.5 Å². The van der Waals surface area contributed by atoms with Gasteiger partial charge in [0.2, 0.25) is 0 Å². The third-order valence-electron chi connectivity index (χ3n) is 7.61. The fourth-order valence-electron chi connectivity index (χ4n) is 5.89. The van der Waals surface area contributed by atoms with Crippen LogP contribution in [0.15, 0.2) is 23.8 Å². The largest absolute Gasteiger partial charge is 0.497 e. The van der Waals surface area contributed by atoms with Crippen LogP contribution < -0.4 is 9.47 Å². The number of hydrogen-bond acceptors (Lipinski definition) is 8. The third kappa shape index (κ3) is 7.19. The maximum atomic E-state index is 10.9. The van der Waals surface area contributed by atoms with E-state index in [1.165, 1.54) is 5.57 Å². The summed E-state index contributed by atoms with van der Waals surface area (Å²) in [6.45, 7) is 7.77. The van der Waals surface area contributed by atoms with Gasteiger partial charge in [-0.15, -0.1) is 0 Å². The Balaban J connectivity index is 0.000000550. The van der Waals surface area contributed by atoms with E-state index >= 15 is 0 Å². The molecule has 1 aromatic carbocycles. The summed E-state index contributed by atoms with van der Waals surface area (Å²) in [5.41, 5.74) is 2.43. The van der Waals surface area contributed by atoms with E-state index in [1.807, 2.05) is 12.1 Å². The highest BCUT2D eigenvalue weighted by atomic mass is 16.5. The molecule has 3 fully saturated rings. The minimum Gasteiger partial charge on any atom is -0.497 e. The molecule has 0 unspecified atom stereocenters. The van der Waals surface area contributed by atoms with Crippen molar-refractivity contribution in [3.63, 3.8) is 0 Å². The smallest absolute Gasteiger partial charge is 0.290 e. The number of likely N-dealkylation sites (tertiary alicyclic amines) is 1. The lowest BCUT2D eigenvalue weighted by Gasteiger charge is -2.44. The number of aliphatic hydroxyl groups excluding tert-OH is 1. The molecule has 3 aliphatic heterocycles. The van der Waals surface area contributed by atoms with Gasteiger partial charge in [0.15, 0.2) is 0 Å². The number of hydrogen-bond donors (Lipinski definition) is 3. The van der Waals surface area contributed by atoms with Crippen molar-refractivity contribution < 1.29 is 34.4 Å². The molecule has 1 saturated carbocycles. The van der Waals surface area contributed by atoms with Crippen molar-refractivity contribution in [3.8, 4) is 11.5 Å². The minimum absolute atomic E-state index is 0.175. The Hall–Kier alpha value is -2.66. The van der Waals surface area contributed by atoms with Crippen LogP contribution in [0.3, 0.4) is 0 Å². The molecular formula is C26H39N3O7. The highest BCUT2D eigenvalue weighted by molar-refractivity contribution is 5.64. The number of ether oxygens (including phenoxy) is 2. The molecule has 0 aromatic heterocycles. The van der Waals surface area contributed by atoms with E-state index < -0.39 is 0 Å². The van der Waals surface area contributed by atoms with Gasteiger partial charge in [0.05, 0.1) is 13.2 Å². The van der Waals surface area contributed by atoms with Gasteiger partial charge in [0.25, 0.3) is 12.9 Å². The van der Waals surface area contributed by atoms with E-state index in [9.17, 15) is 5.11 Å². The standard InChI is InChI=1S/C24H35N3O3.2CH2O2/c1-25-5-7-27(8-6-25)22-11-19-14-26(15-20(19)12-23(22)28)13-17-9-18-10-21(29-2)3-4-24(18)30-16-17;2*2-1-3/h3-4,9-10,19-20,22-23,28H,5-8,11-16H2,1-2H3;2*1H,(H,2,3)/t19-,20+,22-,23-;;/m1../s1. The van der Waals surface area contributed by atoms with E-state index in [2.05, 4.69) is 33.9 Å². The van der Waals surface area contributed by atoms with Gasteiger partial charge in [0, 0.05) is 57.4 Å². The normalized spacial score (nSPS) is 28.0. The van der Waals surface area contributed by atoms with Crippen LogP contribution in [0.25, 0.3) is 6.08 Å². The van der Waals surface area contributed by atoms with Crippen molar-refractivity contribution >= 4 is 19.0 Å². The number of benzene rings is 1. The quantitative estimate of drug-likeness (QED) is 0.514. The highest BCUT2D eigenvalue weighted by Crippen LogP contribution is 2.39. The molecule has 0 radical (unpaired) electrons. The molecule has 3 N–H and O–H groups in total. The van der Waals surface area contributed by atoms with Gasteiger partial charge in [-0.1, -0.05) is 0 Å². The molecule has 0 bridgehead atoms. The first-order valence-electron chi connectivity index (χ1n) is 12.4. The Kier molecular flexibility index (Phi) is 10.5. The molecule has 3 heterocycles. The summed E-state index contributed by atoms with van der Waals surface area (Å²) < 4.78 is 11.3. The van der Waals surface area contributed by atoms with Crippen molar-refractivity contribution in [1.29, 1.82) is 0 Å². The van der Waals surface area contributed by atoms with Crippen molar-refractivity contribution in [3.05, 3.63) is 29.3 Å². The fraction of sp³-hybridized carbons (Fsp3) is 0.615. The van der Waals surface area contributed by atoms with Crippen molar-refractivity contribution in [2.45, 2.75) is 25.0 Å². The second-order valence-electron chi connectivity index (χ2n) is 9.87. The number of aliphatic hydroxyl groups is 1. The van der Waals surface area contributed by atoms with Gasteiger partial charge < -0.3 is 29.7 Å². The molecule has 10 nitrogen and oxygen atoms in total. The summed E-state index contributed by atoms with van der Waals surface area (Å²) in [7, 11) is 3.89. The average Bonchev–Trinajstić information content (AvgIpc) is 3.25.